The molecule has 0 bridgehead atoms. The number of aryl methyl sites for hydroxylation is 1. The fourth-order valence-electron chi connectivity index (χ4n) is 2.29. The fraction of sp³-hybridized carbons (Fsp3) is 0.263. The molecule has 0 spiro atoms. The highest BCUT2D eigenvalue weighted by Crippen LogP contribution is 2.19. The summed E-state index contributed by atoms with van der Waals surface area (Å²) in [5.41, 5.74) is 3.03. The molecule has 5 nitrogen and oxygen atoms in total. The van der Waals surface area contributed by atoms with Crippen LogP contribution in [0.25, 0.3) is 0 Å². The molecule has 2 aromatic carbocycles. The van der Waals surface area contributed by atoms with Crippen LogP contribution in [0.1, 0.15) is 21.5 Å². The molecular formula is C19H22ClN3O2. The van der Waals surface area contributed by atoms with E-state index in [9.17, 15) is 9.59 Å². The Bertz CT molecular complexity index is 773. The molecule has 1 N–H and O–H groups in total. The summed E-state index contributed by atoms with van der Waals surface area (Å²) in [6.07, 6.45) is 0. The van der Waals surface area contributed by atoms with Gasteiger partial charge in [-0.3, -0.25) is 4.79 Å². The quantitative estimate of drug-likeness (QED) is 0.896. The van der Waals surface area contributed by atoms with Gasteiger partial charge < -0.3 is 15.1 Å². The van der Waals surface area contributed by atoms with E-state index in [0.717, 1.165) is 11.1 Å². The summed E-state index contributed by atoms with van der Waals surface area (Å²) < 4.78 is 0. The SMILES string of the molecule is Cc1ccc(C(=O)N(C)C)cc1NC(=O)N(C)Cc1ccc(Cl)cc1. The number of urea groups is 1. The van der Waals surface area contributed by atoms with Crippen LogP contribution in [-0.2, 0) is 6.54 Å². The molecule has 2 aromatic rings. The van der Waals surface area contributed by atoms with Crippen LogP contribution >= 0.6 is 11.6 Å². The molecule has 0 aliphatic carbocycles. The first kappa shape index (κ1) is 18.8. The first-order chi connectivity index (χ1) is 11.8. The molecule has 0 saturated heterocycles. The van der Waals surface area contributed by atoms with Gasteiger partial charge in [-0.1, -0.05) is 29.8 Å². The van der Waals surface area contributed by atoms with Gasteiger partial charge in [0.2, 0.25) is 0 Å². The van der Waals surface area contributed by atoms with E-state index < -0.39 is 0 Å². The van der Waals surface area contributed by atoms with Gasteiger partial charge in [0.1, 0.15) is 0 Å². The third-order valence-electron chi connectivity index (χ3n) is 3.81. The van der Waals surface area contributed by atoms with E-state index in [1.165, 1.54) is 4.90 Å². The fourth-order valence-corrected chi connectivity index (χ4v) is 2.42. The molecule has 0 radical (unpaired) electrons. The summed E-state index contributed by atoms with van der Waals surface area (Å²) in [5, 5.41) is 3.53. The number of carbonyl (C=O) groups excluding carboxylic acids is 2. The maximum atomic E-state index is 12.4. The summed E-state index contributed by atoms with van der Waals surface area (Å²) in [5.74, 6) is -0.106. The van der Waals surface area contributed by atoms with E-state index in [1.807, 2.05) is 25.1 Å². The number of hydrogen-bond donors (Lipinski definition) is 1. The predicted octanol–water partition coefficient (Wildman–Crippen LogP) is 4.01. The molecule has 2 rings (SSSR count). The Morgan fingerprint density at radius 2 is 1.68 bits per heavy atom. The zero-order valence-corrected chi connectivity index (χ0v) is 15.6. The van der Waals surface area contributed by atoms with Crippen molar-refractivity contribution in [3.63, 3.8) is 0 Å². The van der Waals surface area contributed by atoms with Gasteiger partial charge in [-0.2, -0.15) is 0 Å². The Balaban J connectivity index is 2.09. The van der Waals surface area contributed by atoms with Gasteiger partial charge in [-0.15, -0.1) is 0 Å². The van der Waals surface area contributed by atoms with Crippen LogP contribution in [0.3, 0.4) is 0 Å². The lowest BCUT2D eigenvalue weighted by Crippen LogP contribution is -2.31. The second-order valence-electron chi connectivity index (χ2n) is 6.14. The van der Waals surface area contributed by atoms with Crippen LogP contribution in [0.2, 0.25) is 5.02 Å². The lowest BCUT2D eigenvalue weighted by atomic mass is 10.1. The number of anilines is 1. The summed E-state index contributed by atoms with van der Waals surface area (Å²) in [7, 11) is 5.11. The number of benzene rings is 2. The summed E-state index contributed by atoms with van der Waals surface area (Å²) in [6.45, 7) is 2.34. The number of nitrogens with zero attached hydrogens (tertiary/aromatic N) is 2. The number of nitrogens with one attached hydrogen (secondary N) is 1. The molecular weight excluding hydrogens is 338 g/mol. The van der Waals surface area contributed by atoms with Crippen molar-refractivity contribution in [2.45, 2.75) is 13.5 Å². The van der Waals surface area contributed by atoms with Gasteiger partial charge in [-0.05, 0) is 42.3 Å². The van der Waals surface area contributed by atoms with Crippen molar-refractivity contribution in [3.8, 4) is 0 Å². The second-order valence-corrected chi connectivity index (χ2v) is 6.58. The average Bonchev–Trinajstić information content (AvgIpc) is 2.58. The molecule has 0 unspecified atom stereocenters. The van der Waals surface area contributed by atoms with E-state index >= 15 is 0 Å². The monoisotopic (exact) mass is 359 g/mol. The lowest BCUT2D eigenvalue weighted by Gasteiger charge is -2.19. The number of halogens is 1. The average molecular weight is 360 g/mol. The molecule has 0 aromatic heterocycles. The zero-order chi connectivity index (χ0) is 18.6. The maximum absolute atomic E-state index is 12.4. The molecule has 0 aliphatic rings. The second kappa shape index (κ2) is 8.03. The number of carbonyl (C=O) groups is 2. The third-order valence-corrected chi connectivity index (χ3v) is 4.06. The standard InChI is InChI=1S/C19H22ClN3O2/c1-13-5-8-15(18(24)22(2)3)11-17(13)21-19(25)23(4)12-14-6-9-16(20)10-7-14/h5-11H,12H2,1-4H3,(H,21,25). The molecule has 0 heterocycles. The molecule has 0 aliphatic heterocycles. The van der Waals surface area contributed by atoms with E-state index in [2.05, 4.69) is 5.32 Å². The van der Waals surface area contributed by atoms with Crippen molar-refractivity contribution >= 4 is 29.2 Å². The third kappa shape index (κ3) is 4.97. The Labute approximate surface area is 153 Å². The van der Waals surface area contributed by atoms with E-state index in [0.29, 0.717) is 22.8 Å². The van der Waals surface area contributed by atoms with Gasteiger partial charge in [0.05, 0.1) is 0 Å². The molecule has 0 saturated carbocycles. The van der Waals surface area contributed by atoms with Gasteiger partial charge in [0, 0.05) is 44.0 Å². The Kier molecular flexibility index (Phi) is 6.04. The number of amides is 3. The van der Waals surface area contributed by atoms with Crippen molar-refractivity contribution in [1.82, 2.24) is 9.80 Å². The molecule has 0 fully saturated rings. The smallest absolute Gasteiger partial charge is 0.321 e. The number of hydrogen-bond acceptors (Lipinski definition) is 2. The highest BCUT2D eigenvalue weighted by molar-refractivity contribution is 6.30. The minimum absolute atomic E-state index is 0.106. The molecule has 25 heavy (non-hydrogen) atoms. The minimum atomic E-state index is -0.243. The minimum Gasteiger partial charge on any atom is -0.345 e. The van der Waals surface area contributed by atoms with Gasteiger partial charge in [-0.25, -0.2) is 4.79 Å². The largest absolute Gasteiger partial charge is 0.345 e. The van der Waals surface area contributed by atoms with E-state index in [1.54, 1.807) is 50.3 Å². The van der Waals surface area contributed by atoms with Gasteiger partial charge in [0.25, 0.3) is 5.91 Å². The molecule has 132 valence electrons. The normalized spacial score (nSPS) is 10.3. The van der Waals surface area contributed by atoms with E-state index in [4.69, 9.17) is 11.6 Å². The van der Waals surface area contributed by atoms with Gasteiger partial charge >= 0.3 is 6.03 Å². The van der Waals surface area contributed by atoms with Crippen molar-refractivity contribution in [2.24, 2.45) is 0 Å². The Morgan fingerprint density at radius 3 is 2.28 bits per heavy atom. The van der Waals surface area contributed by atoms with Crippen LogP contribution in [-0.4, -0.2) is 42.9 Å². The molecule has 0 atom stereocenters. The maximum Gasteiger partial charge on any atom is 0.321 e. The van der Waals surface area contributed by atoms with E-state index in [-0.39, 0.29) is 11.9 Å². The first-order valence-corrected chi connectivity index (χ1v) is 8.24. The predicted molar refractivity (Wildman–Crippen MR) is 101 cm³/mol. The van der Waals surface area contributed by atoms with Crippen molar-refractivity contribution < 1.29 is 9.59 Å². The van der Waals surface area contributed by atoms with Crippen LogP contribution in [0.5, 0.6) is 0 Å². The molecule has 3 amide bonds. The summed E-state index contributed by atoms with van der Waals surface area (Å²) >= 11 is 5.87. The van der Waals surface area contributed by atoms with Crippen LogP contribution in [0, 0.1) is 6.92 Å². The summed E-state index contributed by atoms with van der Waals surface area (Å²) in [6, 6.07) is 12.4. The Morgan fingerprint density at radius 1 is 1.04 bits per heavy atom. The van der Waals surface area contributed by atoms with Crippen molar-refractivity contribution in [3.05, 3.63) is 64.2 Å². The van der Waals surface area contributed by atoms with Crippen LogP contribution in [0.4, 0.5) is 10.5 Å². The van der Waals surface area contributed by atoms with Crippen LogP contribution < -0.4 is 5.32 Å². The van der Waals surface area contributed by atoms with Gasteiger partial charge in [0.15, 0.2) is 0 Å². The zero-order valence-electron chi connectivity index (χ0n) is 14.8. The van der Waals surface area contributed by atoms with Crippen molar-refractivity contribution in [2.75, 3.05) is 26.5 Å². The highest BCUT2D eigenvalue weighted by Gasteiger charge is 2.14. The van der Waals surface area contributed by atoms with Crippen molar-refractivity contribution in [1.29, 1.82) is 0 Å². The topological polar surface area (TPSA) is 52.7 Å². The molecule has 6 heteroatoms. The lowest BCUT2D eigenvalue weighted by molar-refractivity contribution is 0.0827. The first-order valence-electron chi connectivity index (χ1n) is 7.87. The Hall–Kier alpha value is -2.53. The summed E-state index contributed by atoms with van der Waals surface area (Å²) in [4.78, 5) is 27.6. The highest BCUT2D eigenvalue weighted by atomic mass is 35.5. The number of rotatable bonds is 4. The van der Waals surface area contributed by atoms with Crippen LogP contribution in [0.15, 0.2) is 42.5 Å².